The molecule has 0 rings (SSSR count). The van der Waals surface area contributed by atoms with Gasteiger partial charge in [-0.25, -0.2) is 0 Å². The summed E-state index contributed by atoms with van der Waals surface area (Å²) >= 11 is 6.44. The summed E-state index contributed by atoms with van der Waals surface area (Å²) in [5, 5.41) is 0.745. The van der Waals surface area contributed by atoms with Gasteiger partial charge in [-0.1, -0.05) is 34.6 Å². The minimum atomic E-state index is 0.406. The molecule has 0 radical (unpaired) electrons. The van der Waals surface area contributed by atoms with E-state index in [2.05, 4.69) is 47.2 Å². The molecule has 0 aromatic heterocycles. The zero-order chi connectivity index (χ0) is 9.78. The molecule has 0 bridgehead atoms. The van der Waals surface area contributed by atoms with Gasteiger partial charge >= 0.3 is 0 Å². The quantitative estimate of drug-likeness (QED) is 0.684. The predicted octanol–water partition coefficient (Wildman–Crippen LogP) is 3.72. The van der Waals surface area contributed by atoms with Gasteiger partial charge in [-0.2, -0.15) is 24.4 Å². The van der Waals surface area contributed by atoms with E-state index in [1.165, 1.54) is 5.75 Å². The second kappa shape index (κ2) is 5.43. The second-order valence-electron chi connectivity index (χ2n) is 4.63. The molecular weight excluding hydrogens is 184 g/mol. The molecule has 74 valence electrons. The van der Waals surface area contributed by atoms with Crippen LogP contribution in [-0.2, 0) is 0 Å². The average molecular weight is 206 g/mol. The molecule has 0 aromatic carbocycles. The van der Waals surface area contributed by atoms with Gasteiger partial charge < -0.3 is 0 Å². The molecule has 0 fully saturated rings. The van der Waals surface area contributed by atoms with Crippen molar-refractivity contribution in [3.8, 4) is 0 Å². The van der Waals surface area contributed by atoms with E-state index in [0.29, 0.717) is 5.41 Å². The zero-order valence-electron chi connectivity index (χ0n) is 8.92. The van der Waals surface area contributed by atoms with E-state index in [9.17, 15) is 0 Å². The van der Waals surface area contributed by atoms with Crippen LogP contribution in [0, 0.1) is 11.3 Å². The van der Waals surface area contributed by atoms with E-state index >= 15 is 0 Å². The Labute approximate surface area is 87.3 Å². The summed E-state index contributed by atoms with van der Waals surface area (Å²) in [4.78, 5) is 0. The first-order valence-electron chi connectivity index (χ1n) is 4.60. The summed E-state index contributed by atoms with van der Waals surface area (Å²) in [5.74, 6) is 2.97. The fraction of sp³-hybridized carbons (Fsp3) is 1.00. The Kier molecular flexibility index (Phi) is 5.75. The third kappa shape index (κ3) is 5.36. The molecule has 0 aliphatic carbocycles. The highest BCUT2D eigenvalue weighted by molar-refractivity contribution is 7.99. The van der Waals surface area contributed by atoms with Crippen LogP contribution < -0.4 is 0 Å². The molecule has 1 atom stereocenters. The molecule has 0 aliphatic heterocycles. The van der Waals surface area contributed by atoms with Gasteiger partial charge in [0.05, 0.1) is 0 Å². The first kappa shape index (κ1) is 12.7. The van der Waals surface area contributed by atoms with Gasteiger partial charge in [0.2, 0.25) is 0 Å². The molecular formula is C10H22S2. The van der Waals surface area contributed by atoms with Crippen LogP contribution in [0.4, 0.5) is 0 Å². The van der Waals surface area contributed by atoms with E-state index in [1.54, 1.807) is 0 Å². The summed E-state index contributed by atoms with van der Waals surface area (Å²) in [5.41, 5.74) is 0.406. The van der Waals surface area contributed by atoms with Crippen molar-refractivity contribution >= 4 is 24.4 Å². The Morgan fingerprint density at radius 1 is 1.25 bits per heavy atom. The molecule has 12 heavy (non-hydrogen) atoms. The lowest BCUT2D eigenvalue weighted by atomic mass is 9.83. The van der Waals surface area contributed by atoms with Crippen LogP contribution in [0.1, 0.15) is 34.6 Å². The minimum absolute atomic E-state index is 0.406. The van der Waals surface area contributed by atoms with Gasteiger partial charge in [-0.15, -0.1) is 0 Å². The van der Waals surface area contributed by atoms with E-state index in [4.69, 9.17) is 0 Å². The summed E-state index contributed by atoms with van der Waals surface area (Å²) in [6.45, 7) is 11.4. The van der Waals surface area contributed by atoms with Crippen molar-refractivity contribution in [2.24, 2.45) is 11.3 Å². The number of hydrogen-bond donors (Lipinski definition) is 1. The average Bonchev–Trinajstić information content (AvgIpc) is 1.85. The third-order valence-corrected chi connectivity index (χ3v) is 3.78. The first-order chi connectivity index (χ1) is 5.38. The maximum absolute atomic E-state index is 4.40. The van der Waals surface area contributed by atoms with Crippen LogP contribution in [0.15, 0.2) is 0 Å². The highest BCUT2D eigenvalue weighted by Gasteiger charge is 2.23. The molecule has 0 spiro atoms. The lowest BCUT2D eigenvalue weighted by Gasteiger charge is -2.29. The molecule has 2 heteroatoms. The van der Waals surface area contributed by atoms with E-state index < -0.39 is 0 Å². The van der Waals surface area contributed by atoms with Crippen molar-refractivity contribution in [3.05, 3.63) is 0 Å². The van der Waals surface area contributed by atoms with Crippen molar-refractivity contribution in [2.45, 2.75) is 39.9 Å². The molecule has 0 saturated carbocycles. The number of hydrogen-bond acceptors (Lipinski definition) is 2. The second-order valence-corrected chi connectivity index (χ2v) is 6.60. The van der Waals surface area contributed by atoms with Crippen LogP contribution in [0.25, 0.3) is 0 Å². The predicted molar refractivity (Wildman–Crippen MR) is 64.4 cm³/mol. The van der Waals surface area contributed by atoms with Gasteiger partial charge in [0.25, 0.3) is 0 Å². The topological polar surface area (TPSA) is 0 Å². The Hall–Kier alpha value is 0.700. The monoisotopic (exact) mass is 206 g/mol. The lowest BCUT2D eigenvalue weighted by Crippen LogP contribution is -2.24. The number of rotatable bonds is 4. The van der Waals surface area contributed by atoms with Crippen LogP contribution in [0.2, 0.25) is 0 Å². The Bertz CT molecular complexity index is 113. The Morgan fingerprint density at radius 3 is 2.00 bits per heavy atom. The maximum Gasteiger partial charge on any atom is -0.000957 e. The van der Waals surface area contributed by atoms with Gasteiger partial charge in [-0.05, 0) is 28.1 Å². The van der Waals surface area contributed by atoms with Crippen LogP contribution >= 0.6 is 24.4 Å². The largest absolute Gasteiger partial charge is 0.179 e. The van der Waals surface area contributed by atoms with Gasteiger partial charge in [0.1, 0.15) is 0 Å². The van der Waals surface area contributed by atoms with Gasteiger partial charge in [-0.3, -0.25) is 0 Å². The normalized spacial score (nSPS) is 15.2. The van der Waals surface area contributed by atoms with Crippen LogP contribution in [-0.4, -0.2) is 16.8 Å². The van der Waals surface area contributed by atoms with Crippen molar-refractivity contribution in [2.75, 3.05) is 11.5 Å². The van der Waals surface area contributed by atoms with E-state index in [-0.39, 0.29) is 0 Å². The van der Waals surface area contributed by atoms with Gasteiger partial charge in [0, 0.05) is 0 Å². The molecule has 0 aromatic rings. The van der Waals surface area contributed by atoms with Crippen molar-refractivity contribution < 1.29 is 0 Å². The molecule has 0 heterocycles. The molecule has 0 saturated heterocycles. The number of thioether (sulfide) groups is 1. The van der Waals surface area contributed by atoms with Crippen molar-refractivity contribution in [1.29, 1.82) is 0 Å². The Balaban J connectivity index is 3.84. The fourth-order valence-electron chi connectivity index (χ4n) is 0.885. The first-order valence-corrected chi connectivity index (χ1v) is 6.28. The summed E-state index contributed by atoms with van der Waals surface area (Å²) in [7, 11) is 0. The smallest absolute Gasteiger partial charge is 0.000957 e. The SMILES string of the molecule is CC(C)SCC(CS)C(C)(C)C. The van der Waals surface area contributed by atoms with Crippen LogP contribution in [0.3, 0.4) is 0 Å². The van der Waals surface area contributed by atoms with Gasteiger partial charge in [0.15, 0.2) is 0 Å². The summed E-state index contributed by atoms with van der Waals surface area (Å²) in [6.07, 6.45) is 0. The molecule has 0 nitrogen and oxygen atoms in total. The molecule has 0 N–H and O–H groups in total. The molecule has 0 amide bonds. The number of thiol groups is 1. The summed E-state index contributed by atoms with van der Waals surface area (Å²) < 4.78 is 0. The zero-order valence-corrected chi connectivity index (χ0v) is 10.6. The highest BCUT2D eigenvalue weighted by Crippen LogP contribution is 2.30. The van der Waals surface area contributed by atoms with E-state index in [1.807, 2.05) is 11.8 Å². The standard InChI is InChI=1S/C10H22S2/c1-8(2)12-7-9(6-11)10(3,4)5/h8-9,11H,6-7H2,1-5H3. The summed E-state index contributed by atoms with van der Waals surface area (Å²) in [6, 6.07) is 0. The lowest BCUT2D eigenvalue weighted by molar-refractivity contribution is 0.294. The minimum Gasteiger partial charge on any atom is -0.179 e. The third-order valence-electron chi connectivity index (χ3n) is 2.08. The van der Waals surface area contributed by atoms with Crippen molar-refractivity contribution in [1.82, 2.24) is 0 Å². The fourth-order valence-corrected chi connectivity index (χ4v) is 2.97. The maximum atomic E-state index is 4.40. The van der Waals surface area contributed by atoms with Crippen molar-refractivity contribution in [3.63, 3.8) is 0 Å². The van der Waals surface area contributed by atoms with E-state index in [0.717, 1.165) is 16.9 Å². The van der Waals surface area contributed by atoms with Crippen LogP contribution in [0.5, 0.6) is 0 Å². The molecule has 1 unspecified atom stereocenters. The Morgan fingerprint density at radius 2 is 1.75 bits per heavy atom. The highest BCUT2D eigenvalue weighted by atomic mass is 32.2. The molecule has 0 aliphatic rings.